The Bertz CT molecular complexity index is 1270. The van der Waals surface area contributed by atoms with Crippen LogP contribution in [-0.4, -0.2) is 41.5 Å². The molecule has 1 saturated carbocycles. The van der Waals surface area contributed by atoms with Crippen LogP contribution >= 0.6 is 0 Å². The molecule has 3 aromatic heterocycles. The standard InChI is InChI=1S/C19H12F8N8/c20-17(21)4-1-10(8-17)31-16-34-13(11-3-6-29-14(32-11)19(25,26)27)33-15(35-16)30-9-2-5-28-12(7-9)18(22,23)24/h2-3,5-7H,1,4,8H2,(H,28,30,33,34,35). The number of hydrogen-bond donors (Lipinski definition) is 1. The molecule has 0 spiro atoms. The number of aliphatic imine (C=N–C) groups is 1. The first kappa shape index (κ1) is 24.3. The third-order valence-electron chi connectivity index (χ3n) is 4.57. The molecule has 0 bridgehead atoms. The summed E-state index contributed by atoms with van der Waals surface area (Å²) in [6, 6.07) is 2.87. The Balaban J connectivity index is 1.76. The average Bonchev–Trinajstić information content (AvgIpc) is 3.10. The number of nitrogens with zero attached hydrogens (tertiary/aromatic N) is 7. The third kappa shape index (κ3) is 5.99. The van der Waals surface area contributed by atoms with Gasteiger partial charge in [0.15, 0.2) is 5.82 Å². The third-order valence-corrected chi connectivity index (χ3v) is 4.57. The van der Waals surface area contributed by atoms with Crippen molar-refractivity contribution in [2.24, 2.45) is 4.99 Å². The number of pyridine rings is 1. The van der Waals surface area contributed by atoms with E-state index in [4.69, 9.17) is 0 Å². The molecule has 0 aromatic carbocycles. The molecule has 0 saturated heterocycles. The van der Waals surface area contributed by atoms with E-state index in [9.17, 15) is 35.1 Å². The zero-order valence-electron chi connectivity index (χ0n) is 17.2. The summed E-state index contributed by atoms with van der Waals surface area (Å²) in [5, 5.41) is 2.47. The fourth-order valence-corrected chi connectivity index (χ4v) is 3.04. The summed E-state index contributed by atoms with van der Waals surface area (Å²) in [4.78, 5) is 25.4. The molecule has 0 aliphatic heterocycles. The van der Waals surface area contributed by atoms with Gasteiger partial charge >= 0.3 is 12.4 Å². The first-order valence-electron chi connectivity index (χ1n) is 9.70. The minimum absolute atomic E-state index is 0.0417. The molecule has 16 heteroatoms. The van der Waals surface area contributed by atoms with Gasteiger partial charge < -0.3 is 5.32 Å². The molecule has 3 heterocycles. The van der Waals surface area contributed by atoms with Crippen LogP contribution < -0.4 is 5.32 Å². The predicted molar refractivity (Wildman–Crippen MR) is 104 cm³/mol. The van der Waals surface area contributed by atoms with E-state index in [-0.39, 0.29) is 17.8 Å². The van der Waals surface area contributed by atoms with E-state index < -0.39 is 66.1 Å². The fourth-order valence-electron chi connectivity index (χ4n) is 3.04. The molecule has 1 aliphatic rings. The number of nitrogens with one attached hydrogen (secondary N) is 1. The molecular formula is C19H12F8N8. The normalized spacial score (nSPS) is 17.1. The Kier molecular flexibility index (Phi) is 6.06. The molecular weight excluding hydrogens is 492 g/mol. The van der Waals surface area contributed by atoms with Crippen LogP contribution in [0, 0.1) is 0 Å². The van der Waals surface area contributed by atoms with E-state index in [0.717, 1.165) is 24.5 Å². The van der Waals surface area contributed by atoms with Crippen LogP contribution in [0.4, 0.5) is 52.7 Å². The Hall–Kier alpha value is -3.85. The number of aromatic nitrogens is 6. The zero-order valence-corrected chi connectivity index (χ0v) is 17.2. The van der Waals surface area contributed by atoms with Gasteiger partial charge in [-0.25, -0.2) is 23.7 Å². The lowest BCUT2D eigenvalue weighted by Gasteiger charge is -2.10. The summed E-state index contributed by atoms with van der Waals surface area (Å²) in [5.74, 6) is -5.76. The van der Waals surface area contributed by atoms with Crippen molar-refractivity contribution in [3.63, 3.8) is 0 Å². The van der Waals surface area contributed by atoms with Gasteiger partial charge in [-0.15, -0.1) is 0 Å². The number of hydrogen-bond acceptors (Lipinski definition) is 8. The van der Waals surface area contributed by atoms with Crippen LogP contribution in [-0.2, 0) is 12.4 Å². The maximum Gasteiger partial charge on any atom is 0.451 e. The Morgan fingerprint density at radius 1 is 0.886 bits per heavy atom. The summed E-state index contributed by atoms with van der Waals surface area (Å²) in [7, 11) is 0. The molecule has 0 unspecified atom stereocenters. The smallest absolute Gasteiger partial charge is 0.324 e. The minimum Gasteiger partial charge on any atom is -0.324 e. The highest BCUT2D eigenvalue weighted by atomic mass is 19.4. The van der Waals surface area contributed by atoms with E-state index >= 15 is 0 Å². The van der Waals surface area contributed by atoms with Gasteiger partial charge in [0, 0.05) is 36.6 Å². The second-order valence-corrected chi connectivity index (χ2v) is 7.31. The number of anilines is 2. The molecule has 0 amide bonds. The molecule has 8 nitrogen and oxygen atoms in total. The van der Waals surface area contributed by atoms with E-state index in [1.165, 1.54) is 0 Å². The minimum atomic E-state index is -4.88. The summed E-state index contributed by atoms with van der Waals surface area (Å²) in [6.45, 7) is 0. The van der Waals surface area contributed by atoms with Gasteiger partial charge in [-0.05, 0) is 24.6 Å². The number of halogens is 8. The van der Waals surface area contributed by atoms with Crippen molar-refractivity contribution in [2.45, 2.75) is 37.5 Å². The number of alkyl halides is 8. The Morgan fingerprint density at radius 3 is 2.29 bits per heavy atom. The molecule has 4 rings (SSSR count). The van der Waals surface area contributed by atoms with E-state index in [2.05, 4.69) is 40.2 Å². The quantitative estimate of drug-likeness (QED) is 0.475. The average molecular weight is 504 g/mol. The van der Waals surface area contributed by atoms with Gasteiger partial charge in [-0.1, -0.05) is 0 Å². The Labute approximate surface area is 190 Å². The molecule has 3 aromatic rings. The zero-order chi connectivity index (χ0) is 25.4. The van der Waals surface area contributed by atoms with Crippen LogP contribution in [0.2, 0.25) is 0 Å². The monoisotopic (exact) mass is 504 g/mol. The maximum absolute atomic E-state index is 13.5. The number of rotatable bonds is 4. The summed E-state index contributed by atoms with van der Waals surface area (Å²) >= 11 is 0. The largest absolute Gasteiger partial charge is 0.451 e. The lowest BCUT2D eigenvalue weighted by molar-refractivity contribution is -0.145. The predicted octanol–water partition coefficient (Wildman–Crippen LogP) is 5.40. The van der Waals surface area contributed by atoms with Crippen molar-refractivity contribution >= 4 is 23.3 Å². The van der Waals surface area contributed by atoms with Crippen molar-refractivity contribution < 1.29 is 35.1 Å². The molecule has 0 radical (unpaired) electrons. The highest BCUT2D eigenvalue weighted by Crippen LogP contribution is 2.34. The molecule has 1 N–H and O–H groups in total. The maximum atomic E-state index is 13.5. The van der Waals surface area contributed by atoms with Crippen LogP contribution in [0.3, 0.4) is 0 Å². The van der Waals surface area contributed by atoms with E-state index in [0.29, 0.717) is 6.07 Å². The second-order valence-electron chi connectivity index (χ2n) is 7.31. The van der Waals surface area contributed by atoms with Gasteiger partial charge in [0.05, 0.1) is 0 Å². The summed E-state index contributed by atoms with van der Waals surface area (Å²) < 4.78 is 105. The van der Waals surface area contributed by atoms with E-state index in [1.54, 1.807) is 0 Å². The van der Waals surface area contributed by atoms with Crippen LogP contribution in [0.15, 0.2) is 35.6 Å². The van der Waals surface area contributed by atoms with Crippen LogP contribution in [0.25, 0.3) is 11.5 Å². The Morgan fingerprint density at radius 2 is 1.63 bits per heavy atom. The lowest BCUT2D eigenvalue weighted by atomic mass is 10.3. The lowest BCUT2D eigenvalue weighted by Crippen LogP contribution is -2.12. The first-order valence-corrected chi connectivity index (χ1v) is 9.70. The van der Waals surface area contributed by atoms with E-state index in [1.807, 2.05) is 0 Å². The second kappa shape index (κ2) is 8.74. The molecule has 0 atom stereocenters. The van der Waals surface area contributed by atoms with Crippen LogP contribution in [0.1, 0.15) is 30.8 Å². The molecule has 184 valence electrons. The van der Waals surface area contributed by atoms with Gasteiger partial charge in [0.25, 0.3) is 11.9 Å². The van der Waals surface area contributed by atoms with Crippen molar-refractivity contribution in [1.29, 1.82) is 0 Å². The molecule has 1 fully saturated rings. The first-order chi connectivity index (χ1) is 16.3. The molecule has 1 aliphatic carbocycles. The highest BCUT2D eigenvalue weighted by molar-refractivity contribution is 5.89. The molecule has 35 heavy (non-hydrogen) atoms. The van der Waals surface area contributed by atoms with Gasteiger partial charge in [-0.3, -0.25) is 4.98 Å². The van der Waals surface area contributed by atoms with Crippen molar-refractivity contribution in [3.8, 4) is 11.5 Å². The summed E-state index contributed by atoms with van der Waals surface area (Å²) in [5.41, 5.74) is -1.74. The van der Waals surface area contributed by atoms with Crippen molar-refractivity contribution in [3.05, 3.63) is 42.1 Å². The van der Waals surface area contributed by atoms with Gasteiger partial charge in [0.1, 0.15) is 11.4 Å². The highest BCUT2D eigenvalue weighted by Gasteiger charge is 2.37. The topological polar surface area (TPSA) is 102 Å². The van der Waals surface area contributed by atoms with Gasteiger partial charge in [0.2, 0.25) is 11.8 Å². The van der Waals surface area contributed by atoms with Crippen molar-refractivity contribution in [2.75, 3.05) is 5.32 Å². The van der Waals surface area contributed by atoms with Crippen LogP contribution in [0.5, 0.6) is 0 Å². The summed E-state index contributed by atoms with van der Waals surface area (Å²) in [6.07, 6.45) is -9.13. The fraction of sp³-hybridized carbons (Fsp3) is 0.316. The SMILES string of the molecule is FC1(F)CCC(=Nc2nc(Nc3ccnc(C(F)(F)F)c3)nc(-c3ccnc(C(F)(F)F)n3)n2)C1. The van der Waals surface area contributed by atoms with Gasteiger partial charge in [-0.2, -0.15) is 41.3 Å². The van der Waals surface area contributed by atoms with Crippen molar-refractivity contribution in [1.82, 2.24) is 29.9 Å².